The molecule has 0 aliphatic heterocycles. The summed E-state index contributed by atoms with van der Waals surface area (Å²) in [6, 6.07) is 18.9. The van der Waals surface area contributed by atoms with Crippen molar-refractivity contribution in [2.75, 3.05) is 13.6 Å². The van der Waals surface area contributed by atoms with Crippen molar-refractivity contribution in [1.29, 1.82) is 0 Å². The Bertz CT molecular complexity index is 926. The SMILES string of the molecule is CN=C(NCCc1ccc(C(C)(C)C)cc1)NCc1nncn1-c1ccccc1.I. The van der Waals surface area contributed by atoms with Gasteiger partial charge in [0.15, 0.2) is 11.8 Å². The van der Waals surface area contributed by atoms with Crippen molar-refractivity contribution in [1.82, 2.24) is 25.4 Å². The first-order valence-corrected chi connectivity index (χ1v) is 9.95. The number of hydrogen-bond acceptors (Lipinski definition) is 3. The lowest BCUT2D eigenvalue weighted by Crippen LogP contribution is -2.38. The largest absolute Gasteiger partial charge is 0.356 e. The smallest absolute Gasteiger partial charge is 0.191 e. The molecule has 1 aromatic heterocycles. The van der Waals surface area contributed by atoms with E-state index in [0.717, 1.165) is 30.4 Å². The standard InChI is InChI=1S/C23H30N6.HI/c1-23(2,3)19-12-10-18(11-13-19)14-15-25-22(24-4)26-16-21-28-27-17-29(21)20-8-6-5-7-9-20;/h5-13,17H,14-16H2,1-4H3,(H2,24,25,26);1H. The monoisotopic (exact) mass is 518 g/mol. The molecule has 0 radical (unpaired) electrons. The zero-order valence-corrected chi connectivity index (χ0v) is 20.4. The molecule has 7 heteroatoms. The van der Waals surface area contributed by atoms with Crippen molar-refractivity contribution in [3.05, 3.63) is 77.9 Å². The third-order valence-corrected chi connectivity index (χ3v) is 4.82. The molecular formula is C23H31IN6. The fourth-order valence-electron chi connectivity index (χ4n) is 3.06. The van der Waals surface area contributed by atoms with Crippen LogP contribution in [0.15, 0.2) is 65.9 Å². The maximum atomic E-state index is 4.30. The van der Waals surface area contributed by atoms with Crippen LogP contribution in [0.1, 0.15) is 37.7 Å². The molecule has 0 amide bonds. The molecule has 3 aromatic rings. The molecule has 1 heterocycles. The molecule has 0 aliphatic carbocycles. The van der Waals surface area contributed by atoms with Gasteiger partial charge in [0.2, 0.25) is 0 Å². The Morgan fingerprint density at radius 3 is 2.33 bits per heavy atom. The molecule has 6 nitrogen and oxygen atoms in total. The van der Waals surface area contributed by atoms with Gasteiger partial charge in [-0.25, -0.2) is 0 Å². The van der Waals surface area contributed by atoms with Gasteiger partial charge in [-0.15, -0.1) is 34.2 Å². The maximum absolute atomic E-state index is 4.30. The zero-order chi connectivity index (χ0) is 20.7. The lowest BCUT2D eigenvalue weighted by Gasteiger charge is -2.19. The number of halogens is 1. The fourth-order valence-corrected chi connectivity index (χ4v) is 3.06. The molecule has 0 aliphatic rings. The number of guanidine groups is 1. The molecule has 0 saturated heterocycles. The Morgan fingerprint density at radius 2 is 1.70 bits per heavy atom. The van der Waals surface area contributed by atoms with E-state index >= 15 is 0 Å². The van der Waals surface area contributed by atoms with Crippen molar-refractivity contribution in [2.24, 2.45) is 4.99 Å². The van der Waals surface area contributed by atoms with Gasteiger partial charge in [-0.3, -0.25) is 9.56 Å². The van der Waals surface area contributed by atoms with E-state index in [1.807, 2.05) is 34.9 Å². The first-order valence-electron chi connectivity index (χ1n) is 9.95. The molecular weight excluding hydrogens is 487 g/mol. The van der Waals surface area contributed by atoms with Gasteiger partial charge in [-0.2, -0.15) is 0 Å². The molecule has 2 N–H and O–H groups in total. The van der Waals surface area contributed by atoms with Crippen LogP contribution < -0.4 is 10.6 Å². The zero-order valence-electron chi connectivity index (χ0n) is 18.1. The Morgan fingerprint density at radius 1 is 1.00 bits per heavy atom. The van der Waals surface area contributed by atoms with E-state index in [4.69, 9.17) is 0 Å². The topological polar surface area (TPSA) is 67.1 Å². The average molecular weight is 518 g/mol. The number of aliphatic imine (C=N–C) groups is 1. The normalized spacial score (nSPS) is 11.7. The highest BCUT2D eigenvalue weighted by atomic mass is 127. The van der Waals surface area contributed by atoms with Crippen molar-refractivity contribution in [3.63, 3.8) is 0 Å². The van der Waals surface area contributed by atoms with E-state index in [9.17, 15) is 0 Å². The number of para-hydroxylation sites is 1. The Balaban J connectivity index is 0.00000320. The van der Waals surface area contributed by atoms with E-state index in [0.29, 0.717) is 6.54 Å². The summed E-state index contributed by atoms with van der Waals surface area (Å²) in [5, 5.41) is 14.9. The molecule has 0 fully saturated rings. The number of benzene rings is 2. The maximum Gasteiger partial charge on any atom is 0.191 e. The summed E-state index contributed by atoms with van der Waals surface area (Å²) >= 11 is 0. The van der Waals surface area contributed by atoms with Crippen molar-refractivity contribution >= 4 is 29.9 Å². The van der Waals surface area contributed by atoms with E-state index in [1.165, 1.54) is 11.1 Å². The molecule has 0 unspecified atom stereocenters. The van der Waals surface area contributed by atoms with Crippen LogP contribution in [0.5, 0.6) is 0 Å². The minimum absolute atomic E-state index is 0. The summed E-state index contributed by atoms with van der Waals surface area (Å²) in [6.45, 7) is 8.04. The summed E-state index contributed by atoms with van der Waals surface area (Å²) in [6.07, 6.45) is 2.66. The number of nitrogens with zero attached hydrogens (tertiary/aromatic N) is 4. The first kappa shape index (κ1) is 23.9. The summed E-state index contributed by atoms with van der Waals surface area (Å²) < 4.78 is 1.97. The van der Waals surface area contributed by atoms with Gasteiger partial charge in [0.1, 0.15) is 6.33 Å². The van der Waals surface area contributed by atoms with Crippen LogP contribution >= 0.6 is 24.0 Å². The number of nitrogens with one attached hydrogen (secondary N) is 2. The van der Waals surface area contributed by atoms with Crippen LogP contribution in [-0.2, 0) is 18.4 Å². The van der Waals surface area contributed by atoms with Crippen LogP contribution in [0, 0.1) is 0 Å². The number of rotatable bonds is 6. The molecule has 0 spiro atoms. The third kappa shape index (κ3) is 6.55. The molecule has 0 atom stereocenters. The Hall–Kier alpha value is -2.42. The molecule has 160 valence electrons. The lowest BCUT2D eigenvalue weighted by molar-refractivity contribution is 0.590. The van der Waals surface area contributed by atoms with Gasteiger partial charge in [-0.1, -0.05) is 63.2 Å². The quantitative estimate of drug-likeness (QED) is 0.293. The Kier molecular flexibility index (Phi) is 8.83. The van der Waals surface area contributed by atoms with E-state index in [-0.39, 0.29) is 29.4 Å². The second-order valence-corrected chi connectivity index (χ2v) is 8.00. The highest BCUT2D eigenvalue weighted by Gasteiger charge is 2.12. The van der Waals surface area contributed by atoms with Gasteiger partial charge in [0, 0.05) is 19.3 Å². The minimum Gasteiger partial charge on any atom is -0.356 e. The number of hydrogen-bond donors (Lipinski definition) is 2. The van der Waals surface area contributed by atoms with Gasteiger partial charge in [0.25, 0.3) is 0 Å². The summed E-state index contributed by atoms with van der Waals surface area (Å²) in [5.41, 5.74) is 3.89. The van der Waals surface area contributed by atoms with Gasteiger partial charge in [0.05, 0.1) is 6.54 Å². The Labute approximate surface area is 196 Å². The molecule has 0 saturated carbocycles. The van der Waals surface area contributed by atoms with E-state index in [2.05, 4.69) is 70.9 Å². The van der Waals surface area contributed by atoms with Gasteiger partial charge in [-0.05, 0) is 35.1 Å². The van der Waals surface area contributed by atoms with Crippen LogP contribution in [0.3, 0.4) is 0 Å². The average Bonchev–Trinajstić information content (AvgIpc) is 3.19. The predicted octanol–water partition coefficient (Wildman–Crippen LogP) is 4.09. The molecule has 3 rings (SSSR count). The highest BCUT2D eigenvalue weighted by Crippen LogP contribution is 2.22. The second-order valence-electron chi connectivity index (χ2n) is 8.00. The van der Waals surface area contributed by atoms with Crippen LogP contribution in [0.2, 0.25) is 0 Å². The first-order chi connectivity index (χ1) is 14.0. The van der Waals surface area contributed by atoms with E-state index in [1.54, 1.807) is 13.4 Å². The fraction of sp³-hybridized carbons (Fsp3) is 0.348. The van der Waals surface area contributed by atoms with E-state index < -0.39 is 0 Å². The van der Waals surface area contributed by atoms with Crippen molar-refractivity contribution < 1.29 is 0 Å². The van der Waals surface area contributed by atoms with Crippen molar-refractivity contribution in [2.45, 2.75) is 39.2 Å². The molecule has 2 aromatic carbocycles. The predicted molar refractivity (Wildman–Crippen MR) is 134 cm³/mol. The van der Waals surface area contributed by atoms with Crippen LogP contribution in [0.4, 0.5) is 0 Å². The summed E-state index contributed by atoms with van der Waals surface area (Å²) in [5.74, 6) is 1.58. The third-order valence-electron chi connectivity index (χ3n) is 4.82. The van der Waals surface area contributed by atoms with Gasteiger partial charge >= 0.3 is 0 Å². The number of aromatic nitrogens is 3. The minimum atomic E-state index is 0. The highest BCUT2D eigenvalue weighted by molar-refractivity contribution is 14.0. The van der Waals surface area contributed by atoms with Crippen molar-refractivity contribution in [3.8, 4) is 5.69 Å². The van der Waals surface area contributed by atoms with Crippen LogP contribution in [-0.4, -0.2) is 34.3 Å². The van der Waals surface area contributed by atoms with Crippen LogP contribution in [0.25, 0.3) is 5.69 Å². The molecule has 0 bridgehead atoms. The molecule has 30 heavy (non-hydrogen) atoms. The summed E-state index contributed by atoms with van der Waals surface area (Å²) in [7, 11) is 1.77. The van der Waals surface area contributed by atoms with Gasteiger partial charge < -0.3 is 10.6 Å². The summed E-state index contributed by atoms with van der Waals surface area (Å²) in [4.78, 5) is 4.30. The lowest BCUT2D eigenvalue weighted by atomic mass is 9.86. The second kappa shape index (κ2) is 11.1.